The van der Waals surface area contributed by atoms with E-state index in [-0.39, 0.29) is 11.9 Å². The molecule has 31 heavy (non-hydrogen) atoms. The van der Waals surface area contributed by atoms with Crippen LogP contribution in [-0.2, 0) is 6.61 Å². The monoisotopic (exact) mass is 417 g/mol. The summed E-state index contributed by atoms with van der Waals surface area (Å²) < 4.78 is 17.4. The summed E-state index contributed by atoms with van der Waals surface area (Å²) in [7, 11) is 1.63. The smallest absolute Gasteiger partial charge is 0.255 e. The fourth-order valence-corrected chi connectivity index (χ4v) is 3.84. The zero-order valence-corrected chi connectivity index (χ0v) is 18.1. The summed E-state index contributed by atoms with van der Waals surface area (Å²) in [5.41, 5.74) is 2.08. The van der Waals surface area contributed by atoms with Gasteiger partial charge in [-0.1, -0.05) is 42.5 Å². The molecule has 0 bridgehead atoms. The van der Waals surface area contributed by atoms with Crippen LogP contribution in [-0.4, -0.2) is 18.6 Å². The fraction of sp³-hybridized carbons (Fsp3) is 0.269. The maximum atomic E-state index is 13.2. The highest BCUT2D eigenvalue weighted by Gasteiger charge is 2.35. The van der Waals surface area contributed by atoms with Gasteiger partial charge in [-0.3, -0.25) is 4.79 Å². The summed E-state index contributed by atoms with van der Waals surface area (Å²) in [6, 6.07) is 22.7. The first-order valence-electron chi connectivity index (χ1n) is 10.4. The molecule has 3 aromatic carbocycles. The van der Waals surface area contributed by atoms with Gasteiger partial charge in [0.05, 0.1) is 18.7 Å². The molecule has 0 spiro atoms. The van der Waals surface area contributed by atoms with Gasteiger partial charge in [-0.2, -0.15) is 0 Å². The number of fused-ring (bicyclic) bond motifs is 1. The number of hydrogen-bond donors (Lipinski definition) is 1. The highest BCUT2D eigenvalue weighted by atomic mass is 16.5. The lowest BCUT2D eigenvalue weighted by atomic mass is 9.89. The van der Waals surface area contributed by atoms with Crippen molar-refractivity contribution in [3.63, 3.8) is 0 Å². The normalized spacial score (nSPS) is 16.5. The van der Waals surface area contributed by atoms with Crippen molar-refractivity contribution < 1.29 is 19.0 Å². The van der Waals surface area contributed by atoms with E-state index in [0.29, 0.717) is 24.3 Å². The van der Waals surface area contributed by atoms with Gasteiger partial charge in [0.25, 0.3) is 5.91 Å². The van der Waals surface area contributed by atoms with E-state index in [2.05, 4.69) is 5.32 Å². The quantitative estimate of drug-likeness (QED) is 0.591. The van der Waals surface area contributed by atoms with Gasteiger partial charge >= 0.3 is 0 Å². The Kier molecular flexibility index (Phi) is 5.85. The molecule has 160 valence electrons. The predicted molar refractivity (Wildman–Crippen MR) is 120 cm³/mol. The standard InChI is InChI=1S/C26H27NO4/c1-26(2)16-22(20-14-13-19(29-3)15-24(20)31-26)27-25(28)21-11-7-8-12-23(21)30-17-18-9-5-4-6-10-18/h4-15,22H,16-17H2,1-3H3,(H,27,28)/t22-/m1/s1. The van der Waals surface area contributed by atoms with E-state index in [0.717, 1.165) is 22.6 Å². The van der Waals surface area contributed by atoms with Crippen LogP contribution in [0.4, 0.5) is 0 Å². The van der Waals surface area contributed by atoms with Gasteiger partial charge in [-0.15, -0.1) is 0 Å². The van der Waals surface area contributed by atoms with Crippen LogP contribution in [0.1, 0.15) is 47.8 Å². The Hall–Kier alpha value is -3.47. The van der Waals surface area contributed by atoms with E-state index in [4.69, 9.17) is 14.2 Å². The largest absolute Gasteiger partial charge is 0.497 e. The molecule has 0 saturated heterocycles. The van der Waals surface area contributed by atoms with E-state index in [1.165, 1.54) is 0 Å². The second-order valence-electron chi connectivity index (χ2n) is 8.27. The zero-order chi connectivity index (χ0) is 21.8. The predicted octanol–water partition coefficient (Wildman–Crippen LogP) is 5.31. The van der Waals surface area contributed by atoms with Crippen molar-refractivity contribution in [3.8, 4) is 17.2 Å². The Balaban J connectivity index is 1.55. The van der Waals surface area contributed by atoms with Crippen molar-refractivity contribution >= 4 is 5.91 Å². The van der Waals surface area contributed by atoms with Crippen LogP contribution in [0.3, 0.4) is 0 Å². The Morgan fingerprint density at radius 2 is 1.81 bits per heavy atom. The molecular weight excluding hydrogens is 390 g/mol. The SMILES string of the molecule is COc1ccc2c(c1)OC(C)(C)C[C@H]2NC(=O)c1ccccc1OCc1ccccc1. The molecule has 0 aliphatic carbocycles. The number of hydrogen-bond acceptors (Lipinski definition) is 4. The van der Waals surface area contributed by atoms with Crippen LogP contribution in [0.5, 0.6) is 17.2 Å². The molecule has 0 unspecified atom stereocenters. The average Bonchev–Trinajstić information content (AvgIpc) is 2.77. The highest BCUT2D eigenvalue weighted by molar-refractivity contribution is 5.97. The molecule has 1 amide bonds. The van der Waals surface area contributed by atoms with Gasteiger partial charge in [0, 0.05) is 18.1 Å². The Morgan fingerprint density at radius 3 is 2.58 bits per heavy atom. The Labute approximate surface area is 183 Å². The van der Waals surface area contributed by atoms with Crippen molar-refractivity contribution in [1.29, 1.82) is 0 Å². The van der Waals surface area contributed by atoms with E-state index >= 15 is 0 Å². The number of amides is 1. The molecule has 1 N–H and O–H groups in total. The minimum atomic E-state index is -0.416. The summed E-state index contributed by atoms with van der Waals surface area (Å²) >= 11 is 0. The molecule has 1 aliphatic rings. The molecular formula is C26H27NO4. The lowest BCUT2D eigenvalue weighted by Gasteiger charge is -2.38. The molecule has 0 aromatic heterocycles. The first-order valence-corrected chi connectivity index (χ1v) is 10.4. The van der Waals surface area contributed by atoms with Crippen molar-refractivity contribution in [1.82, 2.24) is 5.32 Å². The van der Waals surface area contributed by atoms with E-state index in [1.807, 2.05) is 80.6 Å². The first kappa shape index (κ1) is 20.8. The van der Waals surface area contributed by atoms with Gasteiger partial charge in [0.15, 0.2) is 0 Å². The maximum Gasteiger partial charge on any atom is 0.255 e. The van der Waals surface area contributed by atoms with Crippen molar-refractivity contribution in [2.45, 2.75) is 38.5 Å². The minimum absolute atomic E-state index is 0.173. The van der Waals surface area contributed by atoms with Crippen LogP contribution >= 0.6 is 0 Å². The van der Waals surface area contributed by atoms with Gasteiger partial charge in [-0.25, -0.2) is 0 Å². The molecule has 4 rings (SSSR count). The number of carbonyl (C=O) groups excluding carboxylic acids is 1. The fourth-order valence-electron chi connectivity index (χ4n) is 3.84. The number of nitrogens with one attached hydrogen (secondary N) is 1. The molecule has 5 heteroatoms. The maximum absolute atomic E-state index is 13.2. The van der Waals surface area contributed by atoms with E-state index in [1.54, 1.807) is 13.2 Å². The number of ether oxygens (including phenoxy) is 3. The molecule has 0 radical (unpaired) electrons. The number of para-hydroxylation sites is 1. The van der Waals surface area contributed by atoms with Gasteiger partial charge in [0.1, 0.15) is 29.5 Å². The molecule has 5 nitrogen and oxygen atoms in total. The third-order valence-electron chi connectivity index (χ3n) is 5.35. The highest BCUT2D eigenvalue weighted by Crippen LogP contribution is 2.41. The molecule has 0 fully saturated rings. The van der Waals surface area contributed by atoms with Crippen LogP contribution in [0.2, 0.25) is 0 Å². The lowest BCUT2D eigenvalue weighted by molar-refractivity contribution is 0.0616. The second-order valence-corrected chi connectivity index (χ2v) is 8.27. The van der Waals surface area contributed by atoms with Crippen molar-refractivity contribution in [3.05, 3.63) is 89.5 Å². The molecule has 1 atom stereocenters. The zero-order valence-electron chi connectivity index (χ0n) is 18.1. The minimum Gasteiger partial charge on any atom is -0.497 e. The van der Waals surface area contributed by atoms with E-state index < -0.39 is 5.60 Å². The van der Waals surface area contributed by atoms with Gasteiger partial charge in [-0.05, 0) is 43.7 Å². The average molecular weight is 418 g/mol. The van der Waals surface area contributed by atoms with Crippen LogP contribution < -0.4 is 19.5 Å². The van der Waals surface area contributed by atoms with E-state index in [9.17, 15) is 4.79 Å². The van der Waals surface area contributed by atoms with Gasteiger partial charge < -0.3 is 19.5 Å². The van der Waals surface area contributed by atoms with Crippen molar-refractivity contribution in [2.24, 2.45) is 0 Å². The first-order chi connectivity index (χ1) is 14.9. The lowest BCUT2D eigenvalue weighted by Crippen LogP contribution is -2.41. The number of benzene rings is 3. The van der Waals surface area contributed by atoms with Crippen LogP contribution in [0.25, 0.3) is 0 Å². The number of rotatable bonds is 6. The summed E-state index contributed by atoms with van der Waals surface area (Å²) in [6.45, 7) is 4.44. The summed E-state index contributed by atoms with van der Waals surface area (Å²) in [5, 5.41) is 3.18. The summed E-state index contributed by atoms with van der Waals surface area (Å²) in [4.78, 5) is 13.2. The number of methoxy groups -OCH3 is 1. The summed E-state index contributed by atoms with van der Waals surface area (Å²) in [5.74, 6) is 1.84. The summed E-state index contributed by atoms with van der Waals surface area (Å²) in [6.07, 6.45) is 0.658. The van der Waals surface area contributed by atoms with Crippen molar-refractivity contribution in [2.75, 3.05) is 7.11 Å². The molecule has 0 saturated carbocycles. The van der Waals surface area contributed by atoms with Crippen LogP contribution in [0, 0.1) is 0 Å². The molecule has 1 aliphatic heterocycles. The Bertz CT molecular complexity index is 1060. The third-order valence-corrected chi connectivity index (χ3v) is 5.35. The molecule has 3 aromatic rings. The second kappa shape index (κ2) is 8.72. The topological polar surface area (TPSA) is 56.8 Å². The van der Waals surface area contributed by atoms with Crippen LogP contribution in [0.15, 0.2) is 72.8 Å². The van der Waals surface area contributed by atoms with Gasteiger partial charge in [0.2, 0.25) is 0 Å². The third kappa shape index (κ3) is 4.82. The Morgan fingerprint density at radius 1 is 1.06 bits per heavy atom. The molecule has 1 heterocycles. The number of carbonyl (C=O) groups is 1.